The zero-order valence-electron chi connectivity index (χ0n) is 29.5. The Balaban J connectivity index is 1.72. The van der Waals surface area contributed by atoms with Gasteiger partial charge >= 0.3 is 17.9 Å². The fraction of sp³-hybridized carbons (Fsp3) is 0.722. The van der Waals surface area contributed by atoms with Crippen molar-refractivity contribution >= 4 is 24.4 Å². The number of hydrogen-bond acceptors (Lipinski definition) is 15. The number of hydrogen-bond donors (Lipinski definition) is 3. The van der Waals surface area contributed by atoms with Gasteiger partial charge in [-0.1, -0.05) is 32.6 Å². The summed E-state index contributed by atoms with van der Waals surface area (Å²) in [5.74, 6) is -4.32. The smallest absolute Gasteiger partial charge is 0.330 e. The standard InChI is InChI=1S/C36H52O15/c1-5-11-45-31(41)19-27-17-26-16-25-8-6-7-24(47-25)14-23(39)15-32(42)48-29(20-37)18-28-12-22(13-30(40)44-4)34(46-21-38)36(43,51-28)35(2,3)10-9-33(49-26)50-27/h5,9-10,13,21,23-29,33-34,37,39,43H,1,6-8,11-12,14-20H2,2-4H3/b10-9+,22-13+/t23-,24+,25?,26?,27?,28?,29?,33-,34+,36?/m1/s1. The highest BCUT2D eigenvalue weighted by Gasteiger charge is 2.57. The van der Waals surface area contributed by atoms with Crippen molar-refractivity contribution in [2.24, 2.45) is 5.41 Å². The van der Waals surface area contributed by atoms with Crippen LogP contribution in [0.15, 0.2) is 36.5 Å². The number of fused-ring (bicyclic) bond motifs is 6. The van der Waals surface area contributed by atoms with Crippen molar-refractivity contribution in [1.82, 2.24) is 0 Å². The molecular formula is C36H52O15. The zero-order valence-corrected chi connectivity index (χ0v) is 29.5. The lowest BCUT2D eigenvalue weighted by Gasteiger charge is -2.50. The highest BCUT2D eigenvalue weighted by Crippen LogP contribution is 2.46. The van der Waals surface area contributed by atoms with Crippen molar-refractivity contribution in [2.75, 3.05) is 20.3 Å². The number of aliphatic hydroxyl groups excluding tert-OH is 2. The van der Waals surface area contributed by atoms with Crippen LogP contribution in [0.1, 0.15) is 78.1 Å². The van der Waals surface area contributed by atoms with Gasteiger partial charge in [0.05, 0.1) is 63.2 Å². The fourth-order valence-electron chi connectivity index (χ4n) is 7.09. The predicted octanol–water partition coefficient (Wildman–Crippen LogP) is 2.08. The molecule has 3 fully saturated rings. The summed E-state index contributed by atoms with van der Waals surface area (Å²) in [6, 6.07) is 0. The zero-order chi connectivity index (χ0) is 37.2. The molecule has 4 heterocycles. The second-order valence-electron chi connectivity index (χ2n) is 14.0. The van der Waals surface area contributed by atoms with Gasteiger partial charge in [-0.05, 0) is 37.3 Å². The summed E-state index contributed by atoms with van der Waals surface area (Å²) < 4.78 is 46.0. The van der Waals surface area contributed by atoms with Crippen molar-refractivity contribution in [1.29, 1.82) is 0 Å². The van der Waals surface area contributed by atoms with Gasteiger partial charge in [-0.2, -0.15) is 0 Å². The molecule has 15 nitrogen and oxygen atoms in total. The molecule has 286 valence electrons. The van der Waals surface area contributed by atoms with Crippen molar-refractivity contribution in [3.8, 4) is 0 Å². The highest BCUT2D eigenvalue weighted by molar-refractivity contribution is 5.83. The molecule has 6 unspecified atom stereocenters. The maximum Gasteiger partial charge on any atom is 0.330 e. The van der Waals surface area contributed by atoms with Crippen molar-refractivity contribution in [3.63, 3.8) is 0 Å². The Morgan fingerprint density at radius 2 is 1.75 bits per heavy atom. The molecule has 0 saturated carbocycles. The van der Waals surface area contributed by atoms with Gasteiger partial charge in [0.15, 0.2) is 12.4 Å². The molecule has 0 radical (unpaired) electrons. The van der Waals surface area contributed by atoms with Crippen LogP contribution >= 0.6 is 0 Å². The number of rotatable bonds is 8. The molecule has 3 saturated heterocycles. The van der Waals surface area contributed by atoms with Crippen LogP contribution in [0.4, 0.5) is 0 Å². The van der Waals surface area contributed by atoms with E-state index in [1.54, 1.807) is 26.0 Å². The minimum absolute atomic E-state index is 0.0461. The van der Waals surface area contributed by atoms with Gasteiger partial charge in [0, 0.05) is 37.2 Å². The summed E-state index contributed by atoms with van der Waals surface area (Å²) in [5.41, 5.74) is -1.24. The number of ether oxygens (including phenoxy) is 8. The molecule has 0 amide bonds. The van der Waals surface area contributed by atoms with E-state index in [0.29, 0.717) is 19.3 Å². The fourth-order valence-corrected chi connectivity index (χ4v) is 7.09. The van der Waals surface area contributed by atoms with Crippen LogP contribution in [0.2, 0.25) is 0 Å². The number of aliphatic hydroxyl groups is 3. The van der Waals surface area contributed by atoms with E-state index < -0.39 is 78.6 Å². The molecule has 0 aromatic rings. The van der Waals surface area contributed by atoms with Crippen LogP contribution in [0.25, 0.3) is 0 Å². The Bertz CT molecular complexity index is 1280. The lowest BCUT2D eigenvalue weighted by Crippen LogP contribution is -2.61. The normalized spacial score (nSPS) is 37.6. The van der Waals surface area contributed by atoms with Crippen LogP contribution < -0.4 is 0 Å². The third-order valence-electron chi connectivity index (χ3n) is 9.65. The minimum atomic E-state index is -2.33. The Kier molecular flexibility index (Phi) is 14.8. The van der Waals surface area contributed by atoms with E-state index in [-0.39, 0.29) is 63.0 Å². The Labute approximate surface area is 297 Å². The number of esters is 3. The van der Waals surface area contributed by atoms with Crippen LogP contribution in [-0.4, -0.2) is 121 Å². The molecule has 15 heteroatoms. The third kappa shape index (κ3) is 11.2. The molecule has 4 rings (SSSR count). The lowest BCUT2D eigenvalue weighted by atomic mass is 9.74. The van der Waals surface area contributed by atoms with Crippen LogP contribution in [-0.2, 0) is 57.1 Å². The van der Waals surface area contributed by atoms with E-state index in [2.05, 4.69) is 6.58 Å². The van der Waals surface area contributed by atoms with E-state index in [1.807, 2.05) is 0 Å². The second-order valence-corrected chi connectivity index (χ2v) is 14.0. The van der Waals surface area contributed by atoms with Crippen molar-refractivity contribution < 1.29 is 72.4 Å². The average Bonchev–Trinajstić information content (AvgIpc) is 3.07. The number of cyclic esters (lactones) is 1. The van der Waals surface area contributed by atoms with E-state index in [0.717, 1.165) is 18.9 Å². The molecule has 4 aliphatic heterocycles. The first kappa shape index (κ1) is 40.6. The first-order valence-electron chi connectivity index (χ1n) is 17.5. The summed E-state index contributed by atoms with van der Waals surface area (Å²) >= 11 is 0. The van der Waals surface area contributed by atoms with Gasteiger partial charge < -0.3 is 53.2 Å². The number of carbonyl (C=O) groups excluding carboxylic acids is 4. The minimum Gasteiger partial charge on any atom is -0.466 e. The lowest BCUT2D eigenvalue weighted by molar-refractivity contribution is -0.325. The monoisotopic (exact) mass is 724 g/mol. The molecule has 3 N–H and O–H groups in total. The molecule has 0 aliphatic carbocycles. The van der Waals surface area contributed by atoms with Crippen molar-refractivity contribution in [2.45, 2.75) is 139 Å². The van der Waals surface area contributed by atoms with Crippen LogP contribution in [0.5, 0.6) is 0 Å². The van der Waals surface area contributed by atoms with Crippen LogP contribution in [0.3, 0.4) is 0 Å². The van der Waals surface area contributed by atoms with E-state index in [1.165, 1.54) is 13.2 Å². The SMILES string of the molecule is C=CCOC(=O)CC1CC2CC3CCC[C@@H](C[C@@H](O)CC(=O)OC(CO)CC4C/C(=C\C(=O)OC)[C@H](OC=O)C(O)(O4)C(C)(C)/C=C/[C@@H](O1)O2)O3. The summed E-state index contributed by atoms with van der Waals surface area (Å²) in [7, 11) is 1.17. The topological polar surface area (TPSA) is 203 Å². The molecule has 0 aromatic carbocycles. The third-order valence-corrected chi connectivity index (χ3v) is 9.65. The van der Waals surface area contributed by atoms with Gasteiger partial charge in [-0.25, -0.2) is 4.79 Å². The average molecular weight is 725 g/mol. The van der Waals surface area contributed by atoms with E-state index in [9.17, 15) is 34.5 Å². The summed E-state index contributed by atoms with van der Waals surface area (Å²) in [6.07, 6.45) is 1.33. The molecular weight excluding hydrogens is 672 g/mol. The Hall–Kier alpha value is -3.18. The molecule has 0 spiro atoms. The number of methoxy groups -OCH3 is 1. The first-order valence-corrected chi connectivity index (χ1v) is 17.5. The summed E-state index contributed by atoms with van der Waals surface area (Å²) in [6.45, 7) is 6.38. The summed E-state index contributed by atoms with van der Waals surface area (Å²) in [4.78, 5) is 49.6. The number of carbonyl (C=O) groups is 4. The molecule has 0 aromatic heterocycles. The maximum absolute atomic E-state index is 12.9. The summed E-state index contributed by atoms with van der Waals surface area (Å²) in [5, 5.41) is 33.3. The molecule has 4 aliphatic rings. The largest absolute Gasteiger partial charge is 0.466 e. The maximum atomic E-state index is 12.9. The Morgan fingerprint density at radius 1 is 1.02 bits per heavy atom. The van der Waals surface area contributed by atoms with Crippen LogP contribution in [0, 0.1) is 5.41 Å². The van der Waals surface area contributed by atoms with Gasteiger partial charge in [0.25, 0.3) is 6.47 Å². The van der Waals surface area contributed by atoms with E-state index in [4.69, 9.17) is 37.9 Å². The molecule has 6 bridgehead atoms. The predicted molar refractivity (Wildman–Crippen MR) is 176 cm³/mol. The molecule has 51 heavy (non-hydrogen) atoms. The van der Waals surface area contributed by atoms with Gasteiger partial charge in [0.1, 0.15) is 12.7 Å². The van der Waals surface area contributed by atoms with Gasteiger partial charge in [0.2, 0.25) is 5.79 Å². The van der Waals surface area contributed by atoms with Gasteiger partial charge in [-0.15, -0.1) is 0 Å². The van der Waals surface area contributed by atoms with Gasteiger partial charge in [-0.3, -0.25) is 14.4 Å². The quantitative estimate of drug-likeness (QED) is 0.108. The molecule has 10 atom stereocenters. The highest BCUT2D eigenvalue weighted by atomic mass is 16.7. The Morgan fingerprint density at radius 3 is 2.43 bits per heavy atom. The second kappa shape index (κ2) is 18.5. The van der Waals surface area contributed by atoms with Crippen molar-refractivity contribution in [3.05, 3.63) is 36.5 Å². The van der Waals surface area contributed by atoms with E-state index >= 15 is 0 Å². The first-order chi connectivity index (χ1) is 24.3.